The molecule has 0 aliphatic rings. The Morgan fingerprint density at radius 2 is 1.88 bits per heavy atom. The number of halogens is 1. The molecular weight excluding hydrogens is 333 g/mol. The molecule has 0 bridgehead atoms. The monoisotopic (exact) mass is 353 g/mol. The Morgan fingerprint density at radius 3 is 2.58 bits per heavy atom. The van der Waals surface area contributed by atoms with E-state index in [4.69, 9.17) is 0 Å². The molecule has 0 aliphatic heterocycles. The smallest absolute Gasteiger partial charge is 0.322 e. The Labute approximate surface area is 150 Å². The van der Waals surface area contributed by atoms with Gasteiger partial charge in [0.15, 0.2) is 0 Å². The third kappa shape index (κ3) is 3.31. The van der Waals surface area contributed by atoms with E-state index in [1.54, 1.807) is 43.3 Å². The molecule has 0 spiro atoms. The summed E-state index contributed by atoms with van der Waals surface area (Å²) in [5.41, 5.74) is 1.67. The van der Waals surface area contributed by atoms with Crippen molar-refractivity contribution in [3.8, 4) is 0 Å². The highest BCUT2D eigenvalue weighted by Crippen LogP contribution is 2.25. The summed E-state index contributed by atoms with van der Waals surface area (Å²) in [6.45, 7) is 3.53. The molecule has 0 saturated carbocycles. The lowest BCUT2D eigenvalue weighted by Crippen LogP contribution is -2.34. The molecule has 6 heteroatoms. The Morgan fingerprint density at radius 1 is 1.19 bits per heavy atom. The SMILES string of the molecule is Cc1cc(NC(=O)N(C)C(C)c2c[nH]c(=O)c3ccccc23)ccc1F. The zero-order valence-electron chi connectivity index (χ0n) is 14.8. The summed E-state index contributed by atoms with van der Waals surface area (Å²) in [7, 11) is 1.68. The molecular formula is C20H20FN3O2. The summed E-state index contributed by atoms with van der Waals surface area (Å²) in [5.74, 6) is -0.315. The minimum absolute atomic E-state index is 0.162. The van der Waals surface area contributed by atoms with Crippen molar-refractivity contribution in [1.82, 2.24) is 9.88 Å². The van der Waals surface area contributed by atoms with E-state index in [0.29, 0.717) is 16.6 Å². The van der Waals surface area contributed by atoms with Crippen LogP contribution in [0.15, 0.2) is 53.5 Å². The Balaban J connectivity index is 1.86. The largest absolute Gasteiger partial charge is 0.328 e. The van der Waals surface area contributed by atoms with E-state index in [2.05, 4.69) is 10.3 Å². The highest BCUT2D eigenvalue weighted by atomic mass is 19.1. The molecule has 2 amide bonds. The van der Waals surface area contributed by atoms with Crippen LogP contribution in [0.4, 0.5) is 14.9 Å². The highest BCUT2D eigenvalue weighted by molar-refractivity contribution is 5.90. The van der Waals surface area contributed by atoms with Crippen molar-refractivity contribution < 1.29 is 9.18 Å². The lowest BCUT2D eigenvalue weighted by Gasteiger charge is -2.26. The normalized spacial score (nSPS) is 12.0. The van der Waals surface area contributed by atoms with E-state index < -0.39 is 0 Å². The first kappa shape index (κ1) is 17.7. The van der Waals surface area contributed by atoms with Crippen LogP contribution in [0.1, 0.15) is 24.1 Å². The first-order valence-electron chi connectivity index (χ1n) is 8.29. The third-order valence-corrected chi connectivity index (χ3v) is 4.60. The van der Waals surface area contributed by atoms with Gasteiger partial charge in [0, 0.05) is 24.3 Å². The molecule has 2 N–H and O–H groups in total. The van der Waals surface area contributed by atoms with Gasteiger partial charge in [0.1, 0.15) is 5.82 Å². The third-order valence-electron chi connectivity index (χ3n) is 4.60. The maximum absolute atomic E-state index is 13.4. The first-order valence-corrected chi connectivity index (χ1v) is 8.29. The number of nitrogens with one attached hydrogen (secondary N) is 2. The molecule has 1 aromatic heterocycles. The van der Waals surface area contributed by atoms with Crippen LogP contribution in [0.2, 0.25) is 0 Å². The molecule has 1 unspecified atom stereocenters. The first-order chi connectivity index (χ1) is 12.4. The number of pyridine rings is 1. The van der Waals surface area contributed by atoms with E-state index >= 15 is 0 Å². The van der Waals surface area contributed by atoms with Crippen LogP contribution in [0.5, 0.6) is 0 Å². The van der Waals surface area contributed by atoms with Gasteiger partial charge < -0.3 is 15.2 Å². The summed E-state index contributed by atoms with van der Waals surface area (Å²) in [4.78, 5) is 28.8. The number of urea groups is 1. The molecule has 2 aromatic carbocycles. The minimum atomic E-state index is -0.321. The van der Waals surface area contributed by atoms with Crippen LogP contribution < -0.4 is 10.9 Å². The number of carbonyl (C=O) groups excluding carboxylic acids is 1. The Kier molecular flexibility index (Phi) is 4.75. The van der Waals surface area contributed by atoms with Crippen molar-refractivity contribution in [3.05, 3.63) is 76.0 Å². The number of hydrogen-bond donors (Lipinski definition) is 2. The summed E-state index contributed by atoms with van der Waals surface area (Å²) >= 11 is 0. The van der Waals surface area contributed by atoms with Crippen molar-refractivity contribution in [1.29, 1.82) is 0 Å². The average Bonchev–Trinajstić information content (AvgIpc) is 2.64. The molecule has 0 aliphatic carbocycles. The number of nitrogens with zero attached hydrogens (tertiary/aromatic N) is 1. The number of aromatic amines is 1. The predicted molar refractivity (Wildman–Crippen MR) is 101 cm³/mol. The number of benzene rings is 2. The van der Waals surface area contributed by atoms with Gasteiger partial charge in [-0.25, -0.2) is 9.18 Å². The van der Waals surface area contributed by atoms with Crippen molar-refractivity contribution in [2.24, 2.45) is 0 Å². The number of aromatic nitrogens is 1. The van der Waals surface area contributed by atoms with Gasteiger partial charge in [0.2, 0.25) is 0 Å². The fourth-order valence-electron chi connectivity index (χ4n) is 2.90. The molecule has 1 atom stereocenters. The molecule has 26 heavy (non-hydrogen) atoms. The maximum atomic E-state index is 13.4. The predicted octanol–water partition coefficient (Wildman–Crippen LogP) is 4.20. The summed E-state index contributed by atoms with van der Waals surface area (Å²) < 4.78 is 13.4. The lowest BCUT2D eigenvalue weighted by atomic mass is 10.0. The van der Waals surface area contributed by atoms with E-state index in [-0.39, 0.29) is 23.4 Å². The van der Waals surface area contributed by atoms with Crippen molar-refractivity contribution >= 4 is 22.5 Å². The van der Waals surface area contributed by atoms with Crippen LogP contribution in [-0.2, 0) is 0 Å². The lowest BCUT2D eigenvalue weighted by molar-refractivity contribution is 0.208. The molecule has 0 radical (unpaired) electrons. The van der Waals surface area contributed by atoms with Gasteiger partial charge in [-0.05, 0) is 54.6 Å². The second kappa shape index (κ2) is 7.00. The number of anilines is 1. The molecule has 134 valence electrons. The quantitative estimate of drug-likeness (QED) is 0.741. The summed E-state index contributed by atoms with van der Waals surface area (Å²) in [5, 5.41) is 4.16. The van der Waals surface area contributed by atoms with Crippen molar-refractivity contribution in [2.75, 3.05) is 12.4 Å². The van der Waals surface area contributed by atoms with Gasteiger partial charge in [-0.15, -0.1) is 0 Å². The van der Waals surface area contributed by atoms with Crippen LogP contribution in [0.3, 0.4) is 0 Å². The van der Waals surface area contributed by atoms with E-state index in [1.807, 2.05) is 19.1 Å². The zero-order chi connectivity index (χ0) is 18.8. The van der Waals surface area contributed by atoms with E-state index in [9.17, 15) is 14.0 Å². The number of H-pyrrole nitrogens is 1. The Bertz CT molecular complexity index is 1030. The Hall–Kier alpha value is -3.15. The van der Waals surface area contributed by atoms with Crippen LogP contribution >= 0.6 is 0 Å². The molecule has 1 heterocycles. The molecule has 3 rings (SSSR count). The number of fused-ring (bicyclic) bond motifs is 1. The second-order valence-corrected chi connectivity index (χ2v) is 6.30. The summed E-state index contributed by atoms with van der Waals surface area (Å²) in [6.07, 6.45) is 1.64. The molecule has 0 saturated heterocycles. The standard InChI is InChI=1S/C20H20FN3O2/c1-12-10-14(8-9-18(12)21)23-20(26)24(3)13(2)17-11-22-19(25)16-7-5-4-6-15(16)17/h4-11,13H,1-3H3,(H,22,25)(H,23,26). The fourth-order valence-corrected chi connectivity index (χ4v) is 2.90. The van der Waals surface area contributed by atoms with Crippen molar-refractivity contribution in [2.45, 2.75) is 19.9 Å². The second-order valence-electron chi connectivity index (χ2n) is 6.30. The van der Waals surface area contributed by atoms with Gasteiger partial charge in [-0.3, -0.25) is 4.79 Å². The van der Waals surface area contributed by atoms with Gasteiger partial charge in [-0.1, -0.05) is 18.2 Å². The minimum Gasteiger partial charge on any atom is -0.328 e. The zero-order valence-corrected chi connectivity index (χ0v) is 14.8. The van der Waals surface area contributed by atoms with Crippen molar-refractivity contribution in [3.63, 3.8) is 0 Å². The number of rotatable bonds is 3. The molecule has 3 aromatic rings. The number of amides is 2. The molecule has 5 nitrogen and oxygen atoms in total. The maximum Gasteiger partial charge on any atom is 0.322 e. The average molecular weight is 353 g/mol. The van der Waals surface area contributed by atoms with Gasteiger partial charge in [-0.2, -0.15) is 0 Å². The van der Waals surface area contributed by atoms with Crippen LogP contribution in [-0.4, -0.2) is 23.0 Å². The van der Waals surface area contributed by atoms with E-state index in [0.717, 1.165) is 10.9 Å². The van der Waals surface area contributed by atoms with Gasteiger partial charge >= 0.3 is 6.03 Å². The van der Waals surface area contributed by atoms with Crippen LogP contribution in [0, 0.1) is 12.7 Å². The highest BCUT2D eigenvalue weighted by Gasteiger charge is 2.20. The van der Waals surface area contributed by atoms with E-state index in [1.165, 1.54) is 12.1 Å². The number of aryl methyl sites for hydroxylation is 1. The fraction of sp³-hybridized carbons (Fsp3) is 0.200. The molecule has 0 fully saturated rings. The summed E-state index contributed by atoms with van der Waals surface area (Å²) in [6, 6.07) is 11.1. The topological polar surface area (TPSA) is 65.2 Å². The van der Waals surface area contributed by atoms with Gasteiger partial charge in [0.05, 0.1) is 6.04 Å². The number of carbonyl (C=O) groups is 1. The van der Waals surface area contributed by atoms with Crippen LogP contribution in [0.25, 0.3) is 10.8 Å². The number of hydrogen-bond acceptors (Lipinski definition) is 2. The van der Waals surface area contributed by atoms with Gasteiger partial charge in [0.25, 0.3) is 5.56 Å².